The number of aromatic nitrogens is 1. The molecule has 2 heterocycles. The van der Waals surface area contributed by atoms with Crippen molar-refractivity contribution in [2.45, 2.75) is 5.03 Å². The molecule has 0 saturated carbocycles. The molecule has 0 radical (unpaired) electrons. The van der Waals surface area contributed by atoms with Crippen LogP contribution in [0.1, 0.15) is 10.4 Å². The molecule has 8 heteroatoms. The standard InChI is InChI=1S/C13H15N3O4S/c1-2-5-15-6-8-16(9-7-15)21(19,20)12-4-3-11(10-14-12)13(17)18/h1,3-4,10H,5-9H2,(H,17,18). The molecule has 21 heavy (non-hydrogen) atoms. The van der Waals surface area contributed by atoms with E-state index >= 15 is 0 Å². The summed E-state index contributed by atoms with van der Waals surface area (Å²) < 4.78 is 26.1. The van der Waals surface area contributed by atoms with Gasteiger partial charge in [-0.3, -0.25) is 4.90 Å². The average Bonchev–Trinajstić information content (AvgIpc) is 2.48. The summed E-state index contributed by atoms with van der Waals surface area (Å²) in [5.41, 5.74) is -0.0483. The number of carboxylic acid groups (broad SMARTS) is 1. The number of terminal acetylenes is 1. The van der Waals surface area contributed by atoms with Crippen LogP contribution in [0.25, 0.3) is 0 Å². The van der Waals surface area contributed by atoms with Crippen LogP contribution in [-0.4, -0.2) is 66.4 Å². The lowest BCUT2D eigenvalue weighted by atomic mass is 10.3. The van der Waals surface area contributed by atoms with Crippen LogP contribution in [0.15, 0.2) is 23.4 Å². The summed E-state index contributed by atoms with van der Waals surface area (Å²) in [7, 11) is -3.69. The van der Waals surface area contributed by atoms with Crippen molar-refractivity contribution < 1.29 is 18.3 Å². The Bertz CT molecular complexity index is 656. The molecule has 1 aliphatic heterocycles. The van der Waals surface area contributed by atoms with E-state index < -0.39 is 16.0 Å². The van der Waals surface area contributed by atoms with Gasteiger partial charge in [0.05, 0.1) is 12.1 Å². The van der Waals surface area contributed by atoms with E-state index in [4.69, 9.17) is 11.5 Å². The molecule has 1 fully saturated rings. The molecule has 0 aromatic carbocycles. The van der Waals surface area contributed by atoms with Gasteiger partial charge in [0.15, 0.2) is 5.03 Å². The molecule has 1 aliphatic rings. The maximum absolute atomic E-state index is 12.4. The first-order chi connectivity index (χ1) is 9.95. The maximum Gasteiger partial charge on any atom is 0.337 e. The Morgan fingerprint density at radius 3 is 2.48 bits per heavy atom. The summed E-state index contributed by atoms with van der Waals surface area (Å²) in [5, 5.41) is 8.64. The number of aromatic carboxylic acids is 1. The number of sulfonamides is 1. The van der Waals surface area contributed by atoms with Crippen molar-refractivity contribution in [3.8, 4) is 12.3 Å². The Morgan fingerprint density at radius 2 is 2.00 bits per heavy atom. The second-order valence-electron chi connectivity index (χ2n) is 4.57. The fourth-order valence-electron chi connectivity index (χ4n) is 2.05. The fraction of sp³-hybridized carbons (Fsp3) is 0.385. The molecule has 7 nitrogen and oxygen atoms in total. The van der Waals surface area contributed by atoms with Crippen molar-refractivity contribution in [1.82, 2.24) is 14.2 Å². The average molecular weight is 309 g/mol. The van der Waals surface area contributed by atoms with Crippen molar-refractivity contribution in [3.05, 3.63) is 23.9 Å². The molecule has 0 bridgehead atoms. The minimum Gasteiger partial charge on any atom is -0.478 e. The van der Waals surface area contributed by atoms with Gasteiger partial charge in [-0.25, -0.2) is 18.2 Å². The molecule has 0 atom stereocenters. The Hall–Kier alpha value is -1.95. The van der Waals surface area contributed by atoms with Crippen LogP contribution < -0.4 is 0 Å². The van der Waals surface area contributed by atoms with E-state index in [-0.39, 0.29) is 10.6 Å². The number of hydrogen-bond acceptors (Lipinski definition) is 5. The SMILES string of the molecule is C#CCN1CCN(S(=O)(=O)c2ccc(C(=O)O)cn2)CC1. The molecular formula is C13H15N3O4S. The van der Waals surface area contributed by atoms with Crippen molar-refractivity contribution in [2.75, 3.05) is 32.7 Å². The van der Waals surface area contributed by atoms with E-state index in [2.05, 4.69) is 10.9 Å². The van der Waals surface area contributed by atoms with Gasteiger partial charge in [0.1, 0.15) is 0 Å². The van der Waals surface area contributed by atoms with Crippen LogP contribution in [0.2, 0.25) is 0 Å². The monoisotopic (exact) mass is 309 g/mol. The number of pyridine rings is 1. The summed E-state index contributed by atoms with van der Waals surface area (Å²) >= 11 is 0. The van der Waals surface area contributed by atoms with Crippen LogP contribution in [0.5, 0.6) is 0 Å². The Morgan fingerprint density at radius 1 is 1.33 bits per heavy atom. The molecule has 2 rings (SSSR count). The van der Waals surface area contributed by atoms with Crippen LogP contribution in [0, 0.1) is 12.3 Å². The third-order valence-electron chi connectivity index (χ3n) is 3.23. The topological polar surface area (TPSA) is 90.8 Å². The summed E-state index contributed by atoms with van der Waals surface area (Å²) in [6.45, 7) is 2.31. The fourth-order valence-corrected chi connectivity index (χ4v) is 3.38. The van der Waals surface area contributed by atoms with Crippen LogP contribution in [0.3, 0.4) is 0 Å². The van der Waals surface area contributed by atoms with Gasteiger partial charge in [0, 0.05) is 32.4 Å². The zero-order valence-electron chi connectivity index (χ0n) is 11.3. The first-order valence-electron chi connectivity index (χ1n) is 6.30. The van der Waals surface area contributed by atoms with Gasteiger partial charge in [-0.05, 0) is 12.1 Å². The second-order valence-corrected chi connectivity index (χ2v) is 6.46. The minimum absolute atomic E-state index is 0.0483. The Balaban J connectivity index is 2.12. The first-order valence-corrected chi connectivity index (χ1v) is 7.74. The van der Waals surface area contributed by atoms with E-state index in [0.29, 0.717) is 32.7 Å². The number of hydrogen-bond donors (Lipinski definition) is 1. The summed E-state index contributed by atoms with van der Waals surface area (Å²) in [4.78, 5) is 16.5. The van der Waals surface area contributed by atoms with Gasteiger partial charge in [-0.2, -0.15) is 4.31 Å². The zero-order chi connectivity index (χ0) is 15.5. The number of piperazine rings is 1. The normalized spacial score (nSPS) is 17.3. The minimum atomic E-state index is -3.69. The predicted molar refractivity (Wildman–Crippen MR) is 75.2 cm³/mol. The van der Waals surface area contributed by atoms with E-state index in [1.807, 2.05) is 4.90 Å². The lowest BCUT2D eigenvalue weighted by Gasteiger charge is -2.32. The van der Waals surface area contributed by atoms with E-state index in [9.17, 15) is 13.2 Å². The van der Waals surface area contributed by atoms with Gasteiger partial charge in [0.25, 0.3) is 10.0 Å². The van der Waals surface area contributed by atoms with Gasteiger partial charge >= 0.3 is 5.97 Å². The Labute approximate surface area is 123 Å². The molecule has 0 unspecified atom stereocenters. The van der Waals surface area contributed by atoms with Crippen molar-refractivity contribution in [1.29, 1.82) is 0 Å². The molecule has 0 spiro atoms. The summed E-state index contributed by atoms with van der Waals surface area (Å²) in [6.07, 6.45) is 6.27. The molecule has 0 amide bonds. The third kappa shape index (κ3) is 3.39. The molecule has 1 N–H and O–H groups in total. The van der Waals surface area contributed by atoms with Gasteiger partial charge < -0.3 is 5.11 Å². The molecule has 1 aromatic rings. The summed E-state index contributed by atoms with van der Waals surface area (Å²) in [5.74, 6) is 1.39. The quantitative estimate of drug-likeness (QED) is 0.769. The van der Waals surface area contributed by atoms with Crippen molar-refractivity contribution >= 4 is 16.0 Å². The predicted octanol–water partition coefficient (Wildman–Crippen LogP) is -0.281. The van der Waals surface area contributed by atoms with Crippen LogP contribution in [-0.2, 0) is 10.0 Å². The number of nitrogens with zero attached hydrogens (tertiary/aromatic N) is 3. The zero-order valence-corrected chi connectivity index (χ0v) is 12.1. The van der Waals surface area contributed by atoms with E-state index in [1.165, 1.54) is 16.4 Å². The van der Waals surface area contributed by atoms with Crippen molar-refractivity contribution in [2.24, 2.45) is 0 Å². The van der Waals surface area contributed by atoms with Gasteiger partial charge in [-0.15, -0.1) is 6.42 Å². The van der Waals surface area contributed by atoms with Gasteiger partial charge in [-0.1, -0.05) is 5.92 Å². The number of carboxylic acids is 1. The highest BCUT2D eigenvalue weighted by Gasteiger charge is 2.29. The van der Waals surface area contributed by atoms with E-state index in [1.54, 1.807) is 0 Å². The molecule has 1 aromatic heterocycles. The highest BCUT2D eigenvalue weighted by molar-refractivity contribution is 7.89. The molecule has 112 valence electrons. The molecule has 0 aliphatic carbocycles. The number of rotatable bonds is 4. The second kappa shape index (κ2) is 6.22. The first kappa shape index (κ1) is 15.4. The van der Waals surface area contributed by atoms with Crippen LogP contribution >= 0.6 is 0 Å². The molecular weight excluding hydrogens is 294 g/mol. The third-order valence-corrected chi connectivity index (χ3v) is 5.05. The Kier molecular flexibility index (Phi) is 4.57. The highest BCUT2D eigenvalue weighted by Crippen LogP contribution is 2.16. The maximum atomic E-state index is 12.4. The smallest absolute Gasteiger partial charge is 0.337 e. The lowest BCUT2D eigenvalue weighted by Crippen LogP contribution is -2.48. The van der Waals surface area contributed by atoms with E-state index in [0.717, 1.165) is 6.20 Å². The van der Waals surface area contributed by atoms with Crippen molar-refractivity contribution in [3.63, 3.8) is 0 Å². The highest BCUT2D eigenvalue weighted by atomic mass is 32.2. The van der Waals surface area contributed by atoms with Crippen LogP contribution in [0.4, 0.5) is 0 Å². The summed E-state index contributed by atoms with van der Waals surface area (Å²) in [6, 6.07) is 2.45. The number of carbonyl (C=O) groups is 1. The van der Waals surface area contributed by atoms with Gasteiger partial charge in [0.2, 0.25) is 0 Å². The molecule has 1 saturated heterocycles. The lowest BCUT2D eigenvalue weighted by molar-refractivity contribution is 0.0696. The largest absolute Gasteiger partial charge is 0.478 e.